The third-order valence-electron chi connectivity index (χ3n) is 2.68. The van der Waals surface area contributed by atoms with Crippen LogP contribution in [0.3, 0.4) is 0 Å². The summed E-state index contributed by atoms with van der Waals surface area (Å²) in [5, 5.41) is 0.117. The molecule has 1 aromatic carbocycles. The van der Waals surface area contributed by atoms with Gasteiger partial charge in [0.2, 0.25) is 10.0 Å². The van der Waals surface area contributed by atoms with Gasteiger partial charge in [0, 0.05) is 6.04 Å². The molecule has 0 radical (unpaired) electrons. The monoisotopic (exact) mass is 309 g/mol. The Kier molecular flexibility index (Phi) is 3.68. The molecule has 1 fully saturated rings. The fourth-order valence-corrected chi connectivity index (χ4v) is 5.40. The Bertz CT molecular complexity index is 654. The van der Waals surface area contributed by atoms with Crippen LogP contribution in [0.2, 0.25) is 5.02 Å². The summed E-state index contributed by atoms with van der Waals surface area (Å²) in [5.74, 6) is -0.139. The van der Waals surface area contributed by atoms with Gasteiger partial charge < -0.3 is 0 Å². The van der Waals surface area contributed by atoms with Gasteiger partial charge in [-0.25, -0.2) is 21.6 Å². The number of nitrogens with one attached hydrogen (secondary N) is 1. The second-order valence-corrected chi connectivity index (χ2v) is 8.47. The van der Waals surface area contributed by atoms with Crippen LogP contribution in [0.25, 0.3) is 0 Å². The molecule has 0 unspecified atom stereocenters. The van der Waals surface area contributed by atoms with Crippen molar-refractivity contribution < 1.29 is 16.8 Å². The molecule has 2 rings (SSSR count). The van der Waals surface area contributed by atoms with Crippen molar-refractivity contribution in [1.82, 2.24) is 4.72 Å². The van der Waals surface area contributed by atoms with E-state index in [4.69, 9.17) is 11.6 Å². The Hall–Kier alpha value is -0.630. The molecule has 18 heavy (non-hydrogen) atoms. The minimum absolute atomic E-state index is 0.0166. The summed E-state index contributed by atoms with van der Waals surface area (Å²) < 4.78 is 49.0. The van der Waals surface area contributed by atoms with Crippen molar-refractivity contribution in [3.05, 3.63) is 29.3 Å². The van der Waals surface area contributed by atoms with Crippen molar-refractivity contribution >= 4 is 31.5 Å². The van der Waals surface area contributed by atoms with Gasteiger partial charge in [-0.1, -0.05) is 23.7 Å². The van der Waals surface area contributed by atoms with Crippen molar-refractivity contribution in [3.63, 3.8) is 0 Å². The van der Waals surface area contributed by atoms with Crippen LogP contribution < -0.4 is 4.72 Å². The lowest BCUT2D eigenvalue weighted by Gasteiger charge is -2.12. The van der Waals surface area contributed by atoms with E-state index in [1.807, 2.05) is 0 Å². The van der Waals surface area contributed by atoms with Gasteiger partial charge >= 0.3 is 0 Å². The van der Waals surface area contributed by atoms with E-state index >= 15 is 0 Å². The highest BCUT2D eigenvalue weighted by molar-refractivity contribution is 7.92. The fraction of sp³-hybridized carbons (Fsp3) is 0.400. The quantitative estimate of drug-likeness (QED) is 0.896. The maximum atomic E-state index is 12.0. The van der Waals surface area contributed by atoms with Crippen LogP contribution in [-0.4, -0.2) is 34.4 Å². The molecule has 0 saturated carbocycles. The maximum absolute atomic E-state index is 12.0. The van der Waals surface area contributed by atoms with E-state index in [9.17, 15) is 16.8 Å². The van der Waals surface area contributed by atoms with E-state index in [0.29, 0.717) is 6.42 Å². The lowest BCUT2D eigenvalue weighted by atomic mass is 10.3. The van der Waals surface area contributed by atoms with Gasteiger partial charge in [-0.3, -0.25) is 0 Å². The zero-order valence-corrected chi connectivity index (χ0v) is 11.7. The molecular formula is C10H12ClNO4S2. The molecular weight excluding hydrogens is 298 g/mol. The molecule has 1 saturated heterocycles. The molecule has 1 heterocycles. The average Bonchev–Trinajstić information content (AvgIpc) is 2.57. The van der Waals surface area contributed by atoms with Gasteiger partial charge in [0.15, 0.2) is 9.84 Å². The van der Waals surface area contributed by atoms with Gasteiger partial charge in [-0.05, 0) is 18.6 Å². The number of sulfone groups is 1. The minimum atomic E-state index is -3.77. The highest BCUT2D eigenvalue weighted by Gasteiger charge is 2.31. The normalized spacial score (nSPS) is 23.1. The van der Waals surface area contributed by atoms with Crippen LogP contribution in [-0.2, 0) is 19.9 Å². The Balaban J connectivity index is 2.22. The van der Waals surface area contributed by atoms with Crippen molar-refractivity contribution in [3.8, 4) is 0 Å². The number of hydrogen-bond donors (Lipinski definition) is 1. The zero-order chi connectivity index (χ0) is 13.4. The molecule has 1 atom stereocenters. The van der Waals surface area contributed by atoms with Crippen LogP contribution in [0.5, 0.6) is 0 Å². The summed E-state index contributed by atoms with van der Waals surface area (Å²) >= 11 is 5.81. The number of sulfonamides is 1. The van der Waals surface area contributed by atoms with Gasteiger partial charge in [0.25, 0.3) is 0 Å². The second-order valence-electron chi connectivity index (χ2n) is 4.15. The molecule has 100 valence electrons. The molecule has 0 aliphatic carbocycles. The topological polar surface area (TPSA) is 80.3 Å². The first-order valence-electron chi connectivity index (χ1n) is 5.27. The SMILES string of the molecule is O=S1(=O)CC[C@H](NS(=O)(=O)c2ccccc2Cl)C1. The van der Waals surface area contributed by atoms with E-state index in [1.165, 1.54) is 12.1 Å². The second kappa shape index (κ2) is 4.80. The molecule has 1 N–H and O–H groups in total. The van der Waals surface area contributed by atoms with Gasteiger partial charge in [0.1, 0.15) is 4.90 Å². The lowest BCUT2D eigenvalue weighted by molar-refractivity contribution is 0.562. The minimum Gasteiger partial charge on any atom is -0.229 e. The van der Waals surface area contributed by atoms with Crippen molar-refractivity contribution in [2.24, 2.45) is 0 Å². The van der Waals surface area contributed by atoms with E-state index in [2.05, 4.69) is 4.72 Å². The highest BCUT2D eigenvalue weighted by atomic mass is 35.5. The van der Waals surface area contributed by atoms with E-state index in [-0.39, 0.29) is 21.4 Å². The summed E-state index contributed by atoms with van der Waals surface area (Å²) in [5.41, 5.74) is 0. The predicted octanol–water partition coefficient (Wildman–Crippen LogP) is 0.805. The summed E-state index contributed by atoms with van der Waals surface area (Å²) in [6.45, 7) is 0. The summed E-state index contributed by atoms with van der Waals surface area (Å²) in [6, 6.07) is 5.47. The fourth-order valence-electron chi connectivity index (χ4n) is 1.83. The molecule has 0 amide bonds. The van der Waals surface area contributed by atoms with Gasteiger partial charge in [0.05, 0.1) is 16.5 Å². The molecule has 1 aromatic rings. The third-order valence-corrected chi connectivity index (χ3v) is 6.47. The summed E-state index contributed by atoms with van der Waals surface area (Å²) in [4.78, 5) is -0.0315. The average molecular weight is 310 g/mol. The maximum Gasteiger partial charge on any atom is 0.242 e. The number of benzene rings is 1. The predicted molar refractivity (Wildman–Crippen MR) is 68.8 cm³/mol. The number of hydrogen-bond acceptors (Lipinski definition) is 4. The van der Waals surface area contributed by atoms with E-state index < -0.39 is 25.9 Å². The first-order chi connectivity index (χ1) is 8.30. The van der Waals surface area contributed by atoms with Crippen molar-refractivity contribution in [2.75, 3.05) is 11.5 Å². The molecule has 1 aliphatic rings. The molecule has 8 heteroatoms. The molecule has 5 nitrogen and oxygen atoms in total. The highest BCUT2D eigenvalue weighted by Crippen LogP contribution is 2.22. The van der Waals surface area contributed by atoms with Crippen LogP contribution in [0, 0.1) is 0 Å². The Morgan fingerprint density at radius 1 is 1.28 bits per heavy atom. The summed E-state index contributed by atoms with van der Waals surface area (Å²) in [6.07, 6.45) is 0.298. The Morgan fingerprint density at radius 2 is 1.94 bits per heavy atom. The molecule has 1 aliphatic heterocycles. The molecule has 0 aromatic heterocycles. The van der Waals surface area contributed by atoms with Crippen LogP contribution in [0.4, 0.5) is 0 Å². The lowest BCUT2D eigenvalue weighted by Crippen LogP contribution is -2.35. The van der Waals surface area contributed by atoms with E-state index in [1.54, 1.807) is 12.1 Å². The number of halogens is 1. The van der Waals surface area contributed by atoms with Crippen molar-refractivity contribution in [2.45, 2.75) is 17.4 Å². The van der Waals surface area contributed by atoms with Crippen molar-refractivity contribution in [1.29, 1.82) is 0 Å². The van der Waals surface area contributed by atoms with Crippen LogP contribution in [0.1, 0.15) is 6.42 Å². The van der Waals surface area contributed by atoms with E-state index in [0.717, 1.165) is 0 Å². The molecule has 0 spiro atoms. The smallest absolute Gasteiger partial charge is 0.229 e. The summed E-state index contributed by atoms with van der Waals surface area (Å²) in [7, 11) is -6.89. The Morgan fingerprint density at radius 3 is 2.50 bits per heavy atom. The third kappa shape index (κ3) is 3.03. The Labute approximate surface area is 111 Å². The largest absolute Gasteiger partial charge is 0.242 e. The first-order valence-corrected chi connectivity index (χ1v) is 8.96. The van der Waals surface area contributed by atoms with Crippen LogP contribution >= 0.6 is 11.6 Å². The van der Waals surface area contributed by atoms with Crippen LogP contribution in [0.15, 0.2) is 29.2 Å². The van der Waals surface area contributed by atoms with Gasteiger partial charge in [-0.15, -0.1) is 0 Å². The number of rotatable bonds is 3. The van der Waals surface area contributed by atoms with Gasteiger partial charge in [-0.2, -0.15) is 0 Å². The zero-order valence-electron chi connectivity index (χ0n) is 9.34. The standard InChI is InChI=1S/C10H12ClNO4S2/c11-9-3-1-2-4-10(9)18(15,16)12-8-5-6-17(13,14)7-8/h1-4,8,12H,5-7H2/t8-/m0/s1. The molecule has 0 bridgehead atoms. The first kappa shape index (κ1) is 13.8.